The first-order valence-corrected chi connectivity index (χ1v) is 10.4. The number of halogens is 3. The van der Waals surface area contributed by atoms with Crippen LogP contribution in [0, 0.1) is 5.82 Å². The predicted octanol–water partition coefficient (Wildman–Crippen LogP) is 6.71. The number of nitrogens with one attached hydrogen (secondary N) is 1. The molecule has 0 bridgehead atoms. The van der Waals surface area contributed by atoms with Crippen molar-refractivity contribution in [2.45, 2.75) is 18.8 Å². The maximum Gasteiger partial charge on any atom is 0.407 e. The van der Waals surface area contributed by atoms with E-state index in [2.05, 4.69) is 29.6 Å². The molecule has 0 aromatic heterocycles. The zero-order chi connectivity index (χ0) is 22.5. The van der Waals surface area contributed by atoms with Gasteiger partial charge in [0.2, 0.25) is 0 Å². The lowest BCUT2D eigenvalue weighted by Gasteiger charge is -2.14. The third-order valence-corrected chi connectivity index (χ3v) is 5.49. The van der Waals surface area contributed by atoms with Gasteiger partial charge in [0.05, 0.1) is 5.56 Å². The number of hydrogen-bond acceptors (Lipinski definition) is 2. The zero-order valence-electron chi connectivity index (χ0n) is 17.2. The van der Waals surface area contributed by atoms with Crippen LogP contribution in [0.1, 0.15) is 41.0 Å². The van der Waals surface area contributed by atoms with Crippen LogP contribution in [0.2, 0.25) is 0 Å². The van der Waals surface area contributed by atoms with Crippen molar-refractivity contribution >= 4 is 12.2 Å². The van der Waals surface area contributed by atoms with Gasteiger partial charge in [-0.2, -0.15) is 0 Å². The Labute approximate surface area is 184 Å². The second-order valence-electron chi connectivity index (χ2n) is 7.53. The van der Waals surface area contributed by atoms with Crippen molar-refractivity contribution in [2.75, 3.05) is 13.2 Å². The molecule has 4 rings (SSSR count). The highest BCUT2D eigenvalue weighted by molar-refractivity contribution is 5.79. The molecule has 3 aromatic rings. The van der Waals surface area contributed by atoms with Crippen LogP contribution in [0.3, 0.4) is 0 Å². The number of carbonyl (C=O) groups is 1. The van der Waals surface area contributed by atoms with Crippen molar-refractivity contribution in [3.05, 3.63) is 101 Å². The Kier molecular flexibility index (Phi) is 6.59. The monoisotopic (exact) mass is 437 g/mol. The largest absolute Gasteiger partial charge is 0.449 e. The highest BCUT2D eigenvalue weighted by Crippen LogP contribution is 2.44. The van der Waals surface area contributed by atoms with Gasteiger partial charge in [-0.15, -0.1) is 0 Å². The summed E-state index contributed by atoms with van der Waals surface area (Å²) < 4.78 is 44.2. The molecule has 164 valence electrons. The molecule has 0 unspecified atom stereocenters. The molecule has 0 fully saturated rings. The van der Waals surface area contributed by atoms with Gasteiger partial charge in [0.25, 0.3) is 6.43 Å². The summed E-state index contributed by atoms with van der Waals surface area (Å²) in [5.41, 5.74) is 4.50. The van der Waals surface area contributed by atoms with Crippen LogP contribution in [0.15, 0.2) is 72.8 Å². The lowest BCUT2D eigenvalue weighted by molar-refractivity contribution is 0.143. The number of benzene rings is 3. The average Bonchev–Trinajstić information content (AvgIpc) is 3.11. The van der Waals surface area contributed by atoms with Crippen LogP contribution in [0.5, 0.6) is 0 Å². The third kappa shape index (κ3) is 4.69. The fourth-order valence-electron chi connectivity index (χ4n) is 3.95. The zero-order valence-corrected chi connectivity index (χ0v) is 17.2. The number of alkyl carbamates (subject to hydrolysis) is 1. The van der Waals surface area contributed by atoms with E-state index < -0.39 is 23.9 Å². The smallest absolute Gasteiger partial charge is 0.407 e. The summed E-state index contributed by atoms with van der Waals surface area (Å²) in [6, 6.07) is 19.8. The second kappa shape index (κ2) is 9.73. The summed E-state index contributed by atoms with van der Waals surface area (Å²) in [5, 5.41) is 2.69. The molecule has 1 aliphatic rings. The van der Waals surface area contributed by atoms with Crippen molar-refractivity contribution in [1.82, 2.24) is 5.32 Å². The van der Waals surface area contributed by atoms with E-state index >= 15 is 0 Å². The van der Waals surface area contributed by atoms with E-state index in [9.17, 15) is 18.0 Å². The molecule has 1 amide bonds. The lowest BCUT2D eigenvalue weighted by Crippen LogP contribution is -2.26. The number of carbonyl (C=O) groups excluding carboxylic acids is 1. The highest BCUT2D eigenvalue weighted by Gasteiger charge is 2.28. The predicted molar refractivity (Wildman–Crippen MR) is 118 cm³/mol. The minimum Gasteiger partial charge on any atom is -0.449 e. The summed E-state index contributed by atoms with van der Waals surface area (Å²) >= 11 is 0. The summed E-state index contributed by atoms with van der Waals surface area (Å²) in [5.74, 6) is -0.932. The molecule has 1 N–H and O–H groups in total. The third-order valence-electron chi connectivity index (χ3n) is 5.49. The number of amides is 1. The van der Waals surface area contributed by atoms with Gasteiger partial charge in [0.15, 0.2) is 0 Å². The summed E-state index contributed by atoms with van der Waals surface area (Å²) in [7, 11) is 0. The molecule has 0 saturated heterocycles. The van der Waals surface area contributed by atoms with Gasteiger partial charge in [0.1, 0.15) is 12.4 Å². The van der Waals surface area contributed by atoms with E-state index in [1.807, 2.05) is 24.3 Å². The normalized spacial score (nSPS) is 12.8. The van der Waals surface area contributed by atoms with Crippen molar-refractivity contribution in [1.29, 1.82) is 0 Å². The molecule has 3 nitrogen and oxygen atoms in total. The first kappa shape index (κ1) is 21.7. The minimum atomic E-state index is -2.84. The number of ether oxygens (including phenoxy) is 1. The van der Waals surface area contributed by atoms with Gasteiger partial charge in [0, 0.05) is 12.5 Å². The molecule has 0 atom stereocenters. The van der Waals surface area contributed by atoms with Crippen molar-refractivity contribution in [3.8, 4) is 11.1 Å². The minimum absolute atomic E-state index is 0.000784. The summed E-state index contributed by atoms with van der Waals surface area (Å²) in [4.78, 5) is 12.1. The summed E-state index contributed by atoms with van der Waals surface area (Å²) in [6.45, 7) is 0.580. The molecule has 0 radical (unpaired) electrons. The van der Waals surface area contributed by atoms with Gasteiger partial charge in [-0.3, -0.25) is 0 Å². The van der Waals surface area contributed by atoms with Crippen molar-refractivity contribution in [2.24, 2.45) is 0 Å². The Bertz CT molecular complexity index is 1100. The van der Waals surface area contributed by atoms with Gasteiger partial charge >= 0.3 is 6.09 Å². The Morgan fingerprint density at radius 3 is 2.28 bits per heavy atom. The molecule has 3 aromatic carbocycles. The quantitative estimate of drug-likeness (QED) is 0.418. The molecular formula is C26H22F3NO2. The molecule has 32 heavy (non-hydrogen) atoms. The van der Waals surface area contributed by atoms with Crippen LogP contribution in [-0.2, 0) is 4.74 Å². The highest BCUT2D eigenvalue weighted by atomic mass is 19.3. The van der Waals surface area contributed by atoms with Crippen LogP contribution in [-0.4, -0.2) is 19.2 Å². The van der Waals surface area contributed by atoms with Crippen molar-refractivity contribution in [3.63, 3.8) is 0 Å². The molecule has 0 saturated carbocycles. The van der Waals surface area contributed by atoms with Gasteiger partial charge < -0.3 is 10.1 Å². The van der Waals surface area contributed by atoms with Crippen LogP contribution >= 0.6 is 0 Å². The molecule has 0 spiro atoms. The standard InChI is InChI=1S/C26H22F3NO2/c27-24-15-17(12-13-22(24)25(28)29)7-5-6-14-30-26(31)32-16-23-20-10-3-1-8-18(20)19-9-2-4-11-21(19)23/h1-5,7-13,15,23,25H,6,14,16H2,(H,30,31). The fourth-order valence-corrected chi connectivity index (χ4v) is 3.95. The number of fused-ring (bicyclic) bond motifs is 3. The Hall–Kier alpha value is -3.54. The SMILES string of the molecule is O=C(NCCC=Cc1ccc(C(F)F)c(F)c1)OCC1c2ccccc2-c2ccccc21. The second-order valence-corrected chi connectivity index (χ2v) is 7.53. The van der Waals surface area contributed by atoms with E-state index in [0.29, 0.717) is 18.5 Å². The van der Waals surface area contributed by atoms with E-state index in [0.717, 1.165) is 23.3 Å². The molecular weight excluding hydrogens is 415 g/mol. The molecule has 6 heteroatoms. The molecule has 1 aliphatic carbocycles. The molecule has 0 aliphatic heterocycles. The van der Waals surface area contributed by atoms with E-state index in [1.54, 1.807) is 12.2 Å². The van der Waals surface area contributed by atoms with Gasteiger partial charge in [-0.05, 0) is 46.4 Å². The lowest BCUT2D eigenvalue weighted by atomic mass is 9.98. The van der Waals surface area contributed by atoms with E-state index in [1.165, 1.54) is 17.2 Å². The Morgan fingerprint density at radius 1 is 1.00 bits per heavy atom. The average molecular weight is 437 g/mol. The number of hydrogen-bond donors (Lipinski definition) is 1. The van der Waals surface area contributed by atoms with Crippen LogP contribution in [0.4, 0.5) is 18.0 Å². The molecule has 0 heterocycles. The first-order valence-electron chi connectivity index (χ1n) is 10.4. The topological polar surface area (TPSA) is 38.3 Å². The maximum atomic E-state index is 13.6. The Morgan fingerprint density at radius 2 is 1.66 bits per heavy atom. The van der Waals surface area contributed by atoms with Crippen molar-refractivity contribution < 1.29 is 22.7 Å². The van der Waals surface area contributed by atoms with E-state index in [4.69, 9.17) is 4.74 Å². The number of alkyl halides is 2. The van der Waals surface area contributed by atoms with Gasteiger partial charge in [-0.25, -0.2) is 18.0 Å². The van der Waals surface area contributed by atoms with Crippen LogP contribution in [0.25, 0.3) is 17.2 Å². The maximum absolute atomic E-state index is 13.6. The van der Waals surface area contributed by atoms with Gasteiger partial charge in [-0.1, -0.05) is 66.7 Å². The number of rotatable bonds is 7. The van der Waals surface area contributed by atoms with Crippen LogP contribution < -0.4 is 5.32 Å². The first-order chi connectivity index (χ1) is 15.5. The Balaban J connectivity index is 1.26. The van der Waals surface area contributed by atoms with E-state index in [-0.39, 0.29) is 12.5 Å². The summed E-state index contributed by atoms with van der Waals surface area (Å²) in [6.07, 6.45) is 0.503. The fraction of sp³-hybridized carbons (Fsp3) is 0.192.